The second-order valence-corrected chi connectivity index (χ2v) is 21.4. The van der Waals surface area contributed by atoms with Crippen molar-refractivity contribution in [1.82, 2.24) is 4.57 Å². The van der Waals surface area contributed by atoms with Gasteiger partial charge in [0, 0.05) is 62.2 Å². The Bertz CT molecular complexity index is 4190. The fraction of sp³-hybridized carbons (Fsp3) is 0.104. The van der Waals surface area contributed by atoms with Crippen molar-refractivity contribution in [3.05, 3.63) is 221 Å². The van der Waals surface area contributed by atoms with Crippen molar-refractivity contribution in [2.24, 2.45) is 0 Å². The molecule has 0 bridgehead atoms. The Morgan fingerprint density at radius 1 is 0.329 bits per heavy atom. The average Bonchev–Trinajstić information content (AvgIpc) is 3.72. The van der Waals surface area contributed by atoms with E-state index in [0.717, 1.165) is 34.1 Å². The van der Waals surface area contributed by atoms with Crippen molar-refractivity contribution in [3.63, 3.8) is 0 Å². The molecule has 0 atom stereocenters. The van der Waals surface area contributed by atoms with Crippen LogP contribution in [0, 0.1) is 48.5 Å². The van der Waals surface area contributed by atoms with Gasteiger partial charge in [0.15, 0.2) is 0 Å². The van der Waals surface area contributed by atoms with Gasteiger partial charge in [-0.3, -0.25) is 0 Å². The van der Waals surface area contributed by atoms with E-state index in [2.05, 4.69) is 245 Å². The predicted molar refractivity (Wildman–Crippen MR) is 310 cm³/mol. The zero-order valence-corrected chi connectivity index (χ0v) is 42.2. The largest absolute Gasteiger partial charge is 0.458 e. The Morgan fingerprint density at radius 3 is 1.51 bits per heavy atom. The first-order valence-electron chi connectivity index (χ1n) is 25.8. The van der Waals surface area contributed by atoms with E-state index in [-0.39, 0.29) is 13.4 Å². The van der Waals surface area contributed by atoms with E-state index in [0.29, 0.717) is 0 Å². The van der Waals surface area contributed by atoms with Crippen molar-refractivity contribution in [2.75, 3.05) is 9.80 Å². The molecule has 11 aromatic rings. The Morgan fingerprint density at radius 2 is 0.863 bits per heavy atom. The summed E-state index contributed by atoms with van der Waals surface area (Å²) in [5.41, 5.74) is 31.8. The number of benzene rings is 10. The van der Waals surface area contributed by atoms with E-state index >= 15 is 0 Å². The predicted octanol–water partition coefficient (Wildman–Crippen LogP) is 13.3. The molecule has 0 saturated carbocycles. The third-order valence-electron chi connectivity index (χ3n) is 16.5. The minimum atomic E-state index is -0.0741. The van der Waals surface area contributed by atoms with Crippen LogP contribution in [0.3, 0.4) is 0 Å². The van der Waals surface area contributed by atoms with E-state index in [4.69, 9.17) is 4.74 Å². The van der Waals surface area contributed by atoms with E-state index in [9.17, 15) is 0 Å². The lowest BCUT2D eigenvalue weighted by molar-refractivity contribution is 0.487. The minimum absolute atomic E-state index is 0.0738. The highest BCUT2D eigenvalue weighted by Gasteiger charge is 2.47. The molecule has 10 aromatic carbocycles. The van der Waals surface area contributed by atoms with Crippen molar-refractivity contribution in [3.8, 4) is 39.4 Å². The molecule has 5 heterocycles. The molecule has 73 heavy (non-hydrogen) atoms. The van der Waals surface area contributed by atoms with Crippen LogP contribution in [-0.4, -0.2) is 18.0 Å². The van der Waals surface area contributed by atoms with Gasteiger partial charge in [0.2, 0.25) is 0 Å². The fourth-order valence-corrected chi connectivity index (χ4v) is 13.0. The van der Waals surface area contributed by atoms with Gasteiger partial charge >= 0.3 is 0 Å². The van der Waals surface area contributed by atoms with Gasteiger partial charge in [-0.1, -0.05) is 148 Å². The van der Waals surface area contributed by atoms with E-state index in [1.165, 1.54) is 133 Å². The monoisotopic (exact) mass is 935 g/mol. The number of ether oxygens (including phenoxy) is 1. The van der Waals surface area contributed by atoms with Gasteiger partial charge < -0.3 is 19.1 Å². The smallest absolute Gasteiger partial charge is 0.256 e. The van der Waals surface area contributed by atoms with Crippen molar-refractivity contribution >= 4 is 102 Å². The van der Waals surface area contributed by atoms with E-state index in [1.54, 1.807) is 0 Å². The Balaban J connectivity index is 1.06. The molecule has 0 aliphatic carbocycles. The van der Waals surface area contributed by atoms with Crippen LogP contribution in [0.5, 0.6) is 11.5 Å². The molecule has 0 N–H and O–H groups in total. The average molecular weight is 936 g/mol. The molecular formula is C67H51B2N3O. The standard InChI is InChI=1S/C67H51B2N3O/c1-38-8-19-45(20-9-38)47-32-59-65-60(33-47)71(50-25-14-41(4)15-26-50)58-37-62-55(36-54(58)68(65)53-31-43(6)17-29-57(53)70(59)49-23-12-40(3)13-24-49)69-64-44(7)18-27-51-52-30-42(5)16-28-56(52)72(67(51)64)61-34-48(35-63(73-62)66(61)69)46-21-10-39(2)11-22-46/h8-37H,1-7H3. The van der Waals surface area contributed by atoms with Gasteiger partial charge in [0.1, 0.15) is 11.5 Å². The highest BCUT2D eigenvalue weighted by atomic mass is 16.5. The summed E-state index contributed by atoms with van der Waals surface area (Å²) in [6.45, 7) is 15.3. The lowest BCUT2D eigenvalue weighted by Gasteiger charge is -2.45. The van der Waals surface area contributed by atoms with Crippen LogP contribution in [0.15, 0.2) is 182 Å². The molecule has 4 aliphatic rings. The molecule has 6 heteroatoms. The normalized spacial score (nSPS) is 13.4. The molecule has 346 valence electrons. The number of fused-ring (bicyclic) bond motifs is 11. The van der Waals surface area contributed by atoms with Crippen molar-refractivity contribution in [2.45, 2.75) is 48.5 Å². The topological polar surface area (TPSA) is 20.6 Å². The Kier molecular flexibility index (Phi) is 8.84. The summed E-state index contributed by atoms with van der Waals surface area (Å²) >= 11 is 0. The summed E-state index contributed by atoms with van der Waals surface area (Å²) in [6.07, 6.45) is 0. The van der Waals surface area contributed by atoms with Crippen LogP contribution in [-0.2, 0) is 0 Å². The summed E-state index contributed by atoms with van der Waals surface area (Å²) < 4.78 is 10.1. The van der Waals surface area contributed by atoms with Crippen molar-refractivity contribution < 1.29 is 4.74 Å². The summed E-state index contributed by atoms with van der Waals surface area (Å²) in [5, 5.41) is 2.57. The van der Waals surface area contributed by atoms with Gasteiger partial charge in [0.05, 0.1) is 5.52 Å². The number of anilines is 6. The molecule has 1 aromatic heterocycles. The van der Waals surface area contributed by atoms with Gasteiger partial charge in [-0.15, -0.1) is 0 Å². The van der Waals surface area contributed by atoms with Crippen LogP contribution in [0.2, 0.25) is 0 Å². The molecule has 0 saturated heterocycles. The maximum Gasteiger partial charge on any atom is 0.256 e. The number of aryl methyl sites for hydroxylation is 7. The van der Waals surface area contributed by atoms with Crippen LogP contribution in [0.4, 0.5) is 34.1 Å². The molecule has 0 unspecified atom stereocenters. The highest BCUT2D eigenvalue weighted by molar-refractivity contribution is 7.02. The van der Waals surface area contributed by atoms with Crippen LogP contribution in [0.1, 0.15) is 38.9 Å². The van der Waals surface area contributed by atoms with Crippen LogP contribution in [0.25, 0.3) is 49.7 Å². The number of aromatic nitrogens is 1. The zero-order chi connectivity index (χ0) is 49.1. The van der Waals surface area contributed by atoms with Crippen LogP contribution < -0.4 is 47.3 Å². The van der Waals surface area contributed by atoms with Gasteiger partial charge in [-0.25, -0.2) is 0 Å². The minimum Gasteiger partial charge on any atom is -0.458 e. The molecule has 0 spiro atoms. The number of hydrogen-bond acceptors (Lipinski definition) is 3. The van der Waals surface area contributed by atoms with Crippen LogP contribution >= 0.6 is 0 Å². The maximum atomic E-state index is 7.56. The summed E-state index contributed by atoms with van der Waals surface area (Å²) in [6, 6.07) is 69.5. The van der Waals surface area contributed by atoms with E-state index < -0.39 is 0 Å². The number of nitrogens with zero attached hydrogens (tertiary/aromatic N) is 3. The second-order valence-electron chi connectivity index (χ2n) is 21.4. The lowest BCUT2D eigenvalue weighted by atomic mass is 9.30. The summed E-state index contributed by atoms with van der Waals surface area (Å²) in [4.78, 5) is 5.07. The molecule has 0 radical (unpaired) electrons. The molecular weight excluding hydrogens is 884 g/mol. The van der Waals surface area contributed by atoms with Crippen molar-refractivity contribution in [1.29, 1.82) is 0 Å². The molecule has 0 fully saturated rings. The Labute approximate surface area is 427 Å². The van der Waals surface area contributed by atoms with Gasteiger partial charge in [0.25, 0.3) is 13.4 Å². The lowest BCUT2D eigenvalue weighted by Crippen LogP contribution is -2.64. The number of hydrogen-bond donors (Lipinski definition) is 0. The highest BCUT2D eigenvalue weighted by Crippen LogP contribution is 2.48. The zero-order valence-electron chi connectivity index (χ0n) is 42.2. The molecule has 0 amide bonds. The maximum absolute atomic E-state index is 7.56. The summed E-state index contributed by atoms with van der Waals surface area (Å²) in [7, 11) is 0. The quantitative estimate of drug-likeness (QED) is 0.164. The third kappa shape index (κ3) is 6.10. The van der Waals surface area contributed by atoms with Gasteiger partial charge in [-0.05, 0) is 170 Å². The SMILES string of the molecule is Cc1ccc(-c2cc3c4c(c2)N(c2ccc(C)cc2)c2cc5c(cc2B4c2cc(C)ccc2N3c2ccc(C)cc2)B2c3c(cc(-c4ccc(C)cc4)cc3-n3c4ccc(C)cc4c4ccc(C)c2c43)O5)cc1. The second kappa shape index (κ2) is 15.3. The molecule has 15 rings (SSSR count). The first-order chi connectivity index (χ1) is 35.5. The molecule has 4 nitrogen and oxygen atoms in total. The fourth-order valence-electron chi connectivity index (χ4n) is 13.0. The van der Waals surface area contributed by atoms with E-state index in [1.807, 2.05) is 0 Å². The summed E-state index contributed by atoms with van der Waals surface area (Å²) in [5.74, 6) is 1.81. The third-order valence-corrected chi connectivity index (χ3v) is 16.5. The molecule has 4 aliphatic heterocycles. The first kappa shape index (κ1) is 42.2. The van der Waals surface area contributed by atoms with Gasteiger partial charge in [-0.2, -0.15) is 0 Å². The Hall–Kier alpha value is -8.47. The number of rotatable bonds is 4. The first-order valence-corrected chi connectivity index (χ1v) is 25.8.